The lowest BCUT2D eigenvalue weighted by molar-refractivity contribution is -0.870. The van der Waals surface area contributed by atoms with Gasteiger partial charge in [-0.3, -0.25) is 13.8 Å². The van der Waals surface area contributed by atoms with Gasteiger partial charge in [0.05, 0.1) is 34.4 Å². The smallest absolute Gasteiger partial charge is 0.457 e. The zero-order valence-electron chi connectivity index (χ0n) is 25.4. The van der Waals surface area contributed by atoms with Gasteiger partial charge in [0.1, 0.15) is 25.5 Å². The molecule has 0 aliphatic heterocycles. The van der Waals surface area contributed by atoms with Crippen molar-refractivity contribution in [3.8, 4) is 0 Å². The Morgan fingerprint density at radius 1 is 0.795 bits per heavy atom. The van der Waals surface area contributed by atoms with Gasteiger partial charge in [0.15, 0.2) is 0 Å². The van der Waals surface area contributed by atoms with E-state index >= 15 is 0 Å². The molecule has 0 bridgehead atoms. The van der Waals surface area contributed by atoms with Gasteiger partial charge in [-0.2, -0.15) is 0 Å². The number of esters is 1. The summed E-state index contributed by atoms with van der Waals surface area (Å²) in [6, 6.07) is 0. The molecule has 0 heterocycles. The second kappa shape index (κ2) is 24.9. The van der Waals surface area contributed by atoms with Gasteiger partial charge in [-0.25, -0.2) is 4.57 Å². The zero-order chi connectivity index (χ0) is 29.2. The molecule has 0 aliphatic rings. The molecule has 0 aromatic heterocycles. The number of phosphoric acid groups is 1. The molecule has 0 spiro atoms. The van der Waals surface area contributed by atoms with Gasteiger partial charge in [0.2, 0.25) is 0 Å². The Balaban J connectivity index is 4.10. The van der Waals surface area contributed by atoms with Crippen LogP contribution in [0.5, 0.6) is 0 Å². The fraction of sp³-hybridized carbons (Fsp3) is 0.931. The van der Waals surface area contributed by atoms with Crippen molar-refractivity contribution in [2.24, 2.45) is 0 Å². The van der Waals surface area contributed by atoms with E-state index in [4.69, 9.17) is 18.5 Å². The molecule has 2 atom stereocenters. The number of quaternary nitrogens is 1. The molecule has 0 fully saturated rings. The quantitative estimate of drug-likeness (QED) is 0.0346. The zero-order valence-corrected chi connectivity index (χ0v) is 26.3. The predicted molar refractivity (Wildman–Crippen MR) is 156 cm³/mol. The highest BCUT2D eigenvalue weighted by Gasteiger charge is 2.26. The van der Waals surface area contributed by atoms with E-state index in [-0.39, 0.29) is 32.7 Å². The van der Waals surface area contributed by atoms with Crippen molar-refractivity contribution in [1.29, 1.82) is 0 Å². The molecule has 0 saturated carbocycles. The Morgan fingerprint density at radius 2 is 1.33 bits per heavy atom. The van der Waals surface area contributed by atoms with Crippen LogP contribution in [0.2, 0.25) is 0 Å². The maximum absolute atomic E-state index is 12.2. The Morgan fingerprint density at radius 3 is 1.85 bits per heavy atom. The summed E-state index contributed by atoms with van der Waals surface area (Å²) in [7, 11) is 1.56. The number of nitrogens with zero attached hydrogens (tertiary/aromatic N) is 1. The number of rotatable bonds is 29. The Kier molecular flexibility index (Phi) is 24.4. The van der Waals surface area contributed by atoms with Crippen LogP contribution in [-0.2, 0) is 32.7 Å². The minimum atomic E-state index is -4.28. The third-order valence-corrected chi connectivity index (χ3v) is 7.37. The molecular formula is C29H59NO8P+. The normalized spacial score (nSPS) is 14.2. The molecule has 39 heavy (non-hydrogen) atoms. The standard InChI is InChI=1S/C29H58NO8P/c1-5-6-7-8-9-10-11-12-13-14-15-16-17-20-24-35-26-28(38-29(32)21-18-19-23-31)27-37-39(33,34)36-25-22-30(2,3)4/h23,28H,5-22,24-27H2,1-4H3/p+1/t28-/m1/s1. The van der Waals surface area contributed by atoms with Crippen molar-refractivity contribution < 1.29 is 42.1 Å². The van der Waals surface area contributed by atoms with Crippen molar-refractivity contribution in [3.05, 3.63) is 0 Å². The molecule has 0 radical (unpaired) electrons. The molecule has 0 rings (SSSR count). The van der Waals surface area contributed by atoms with Crippen LogP contribution in [0.15, 0.2) is 0 Å². The van der Waals surface area contributed by atoms with Gasteiger partial charge in [-0.1, -0.05) is 90.4 Å². The van der Waals surface area contributed by atoms with Crippen molar-refractivity contribution in [1.82, 2.24) is 0 Å². The average Bonchev–Trinajstić information content (AvgIpc) is 2.86. The summed E-state index contributed by atoms with van der Waals surface area (Å²) in [6.07, 6.45) is 18.6. The monoisotopic (exact) mass is 580 g/mol. The Labute approximate surface area is 238 Å². The molecule has 10 heteroatoms. The van der Waals surface area contributed by atoms with Crippen LogP contribution in [-0.4, -0.2) is 81.9 Å². The summed E-state index contributed by atoms with van der Waals surface area (Å²) in [5.41, 5.74) is 0. The summed E-state index contributed by atoms with van der Waals surface area (Å²) < 4.78 is 34.0. The van der Waals surface area contributed by atoms with Gasteiger partial charge in [-0.15, -0.1) is 0 Å². The third-order valence-electron chi connectivity index (χ3n) is 6.39. The first kappa shape index (κ1) is 38.2. The first-order chi connectivity index (χ1) is 18.6. The van der Waals surface area contributed by atoms with E-state index in [1.165, 1.54) is 77.0 Å². The minimum Gasteiger partial charge on any atom is -0.457 e. The van der Waals surface area contributed by atoms with Crippen LogP contribution in [0.3, 0.4) is 0 Å². The number of carbonyl (C=O) groups excluding carboxylic acids is 2. The van der Waals surface area contributed by atoms with Crippen molar-refractivity contribution in [2.45, 2.75) is 122 Å². The van der Waals surface area contributed by atoms with E-state index in [0.29, 0.717) is 24.1 Å². The van der Waals surface area contributed by atoms with Gasteiger partial charge < -0.3 is 23.6 Å². The lowest BCUT2D eigenvalue weighted by Crippen LogP contribution is -2.37. The number of hydrogen-bond donors (Lipinski definition) is 1. The summed E-state index contributed by atoms with van der Waals surface area (Å²) in [5, 5.41) is 0. The molecule has 1 N–H and O–H groups in total. The van der Waals surface area contributed by atoms with Gasteiger partial charge in [0.25, 0.3) is 0 Å². The maximum atomic E-state index is 12.2. The topological polar surface area (TPSA) is 108 Å². The van der Waals surface area contributed by atoms with Gasteiger partial charge in [0, 0.05) is 19.4 Å². The highest BCUT2D eigenvalue weighted by Crippen LogP contribution is 2.43. The van der Waals surface area contributed by atoms with E-state index in [9.17, 15) is 19.0 Å². The highest BCUT2D eigenvalue weighted by molar-refractivity contribution is 7.47. The van der Waals surface area contributed by atoms with Gasteiger partial charge >= 0.3 is 13.8 Å². The summed E-state index contributed by atoms with van der Waals surface area (Å²) in [6.45, 7) is 3.13. The molecular weight excluding hydrogens is 521 g/mol. The molecule has 0 aromatic carbocycles. The first-order valence-electron chi connectivity index (χ1n) is 15.2. The van der Waals surface area contributed by atoms with E-state index in [2.05, 4.69) is 6.92 Å². The highest BCUT2D eigenvalue weighted by atomic mass is 31.2. The number of phosphoric ester groups is 1. The maximum Gasteiger partial charge on any atom is 0.472 e. The fourth-order valence-electron chi connectivity index (χ4n) is 3.95. The summed E-state index contributed by atoms with van der Waals surface area (Å²) in [5.74, 6) is -0.496. The van der Waals surface area contributed by atoms with Crippen LogP contribution in [0, 0.1) is 0 Å². The van der Waals surface area contributed by atoms with Crippen LogP contribution in [0.25, 0.3) is 0 Å². The number of aldehydes is 1. The molecule has 9 nitrogen and oxygen atoms in total. The van der Waals surface area contributed by atoms with Crippen LogP contribution >= 0.6 is 7.82 Å². The lowest BCUT2D eigenvalue weighted by atomic mass is 10.0. The molecule has 0 aliphatic carbocycles. The Bertz CT molecular complexity index is 641. The molecule has 0 amide bonds. The third kappa shape index (κ3) is 28.5. The second-order valence-corrected chi connectivity index (χ2v) is 12.9. The molecule has 232 valence electrons. The van der Waals surface area contributed by atoms with Crippen molar-refractivity contribution in [2.75, 3.05) is 54.1 Å². The summed E-state index contributed by atoms with van der Waals surface area (Å²) in [4.78, 5) is 32.5. The van der Waals surface area contributed by atoms with E-state index in [1.54, 1.807) is 0 Å². The molecule has 1 unspecified atom stereocenters. The minimum absolute atomic E-state index is 0.0586. The van der Waals surface area contributed by atoms with E-state index in [1.807, 2.05) is 21.1 Å². The van der Waals surface area contributed by atoms with Crippen LogP contribution in [0.1, 0.15) is 116 Å². The fourth-order valence-corrected chi connectivity index (χ4v) is 4.69. The number of hydrogen-bond acceptors (Lipinski definition) is 7. The van der Waals surface area contributed by atoms with Crippen LogP contribution < -0.4 is 0 Å². The van der Waals surface area contributed by atoms with E-state index < -0.39 is 19.9 Å². The predicted octanol–water partition coefficient (Wildman–Crippen LogP) is 6.61. The first-order valence-corrected chi connectivity index (χ1v) is 16.7. The average molecular weight is 581 g/mol. The van der Waals surface area contributed by atoms with E-state index in [0.717, 1.165) is 19.1 Å². The number of likely N-dealkylation sites (N-methyl/N-ethyl adjacent to an activating group) is 1. The molecule has 0 saturated heterocycles. The number of unbranched alkanes of at least 4 members (excludes halogenated alkanes) is 14. The summed E-state index contributed by atoms with van der Waals surface area (Å²) >= 11 is 0. The van der Waals surface area contributed by atoms with Crippen LogP contribution in [0.4, 0.5) is 0 Å². The lowest BCUT2D eigenvalue weighted by Gasteiger charge is -2.24. The Hall–Kier alpha value is -0.830. The van der Waals surface area contributed by atoms with Crippen molar-refractivity contribution in [3.63, 3.8) is 0 Å². The SMILES string of the molecule is CCCCCCCCCCCCCCCCOC[C@H](COP(=O)(O)OCC[N+](C)(C)C)OC(=O)CCCC=O. The van der Waals surface area contributed by atoms with Gasteiger partial charge in [-0.05, 0) is 12.8 Å². The second-order valence-electron chi connectivity index (χ2n) is 11.5. The molecule has 0 aromatic rings. The van der Waals surface area contributed by atoms with Crippen molar-refractivity contribution >= 4 is 20.1 Å². The number of carbonyl (C=O) groups is 2. The largest absolute Gasteiger partial charge is 0.472 e. The number of ether oxygens (including phenoxy) is 2.